The second-order valence-corrected chi connectivity index (χ2v) is 12.1. The van der Waals surface area contributed by atoms with Crippen LogP contribution in [0.2, 0.25) is 0 Å². The van der Waals surface area contributed by atoms with Crippen LogP contribution in [0.15, 0.2) is 24.3 Å². The lowest BCUT2D eigenvalue weighted by atomic mass is 10.0. The van der Waals surface area contributed by atoms with E-state index in [0.29, 0.717) is 29.3 Å². The van der Waals surface area contributed by atoms with Gasteiger partial charge in [0.2, 0.25) is 5.91 Å². The lowest BCUT2D eigenvalue weighted by Gasteiger charge is -2.25. The molecule has 0 spiro atoms. The number of ether oxygens (including phenoxy) is 3. The summed E-state index contributed by atoms with van der Waals surface area (Å²) in [6.45, 7) is 4.64. The van der Waals surface area contributed by atoms with E-state index in [-0.39, 0.29) is 30.6 Å². The summed E-state index contributed by atoms with van der Waals surface area (Å²) >= 11 is 1.84. The topological polar surface area (TPSA) is 181 Å². The first kappa shape index (κ1) is 32.0. The molecule has 4 amide bonds. The van der Waals surface area contributed by atoms with Crippen LogP contribution >= 0.6 is 11.8 Å². The van der Waals surface area contributed by atoms with Crippen LogP contribution in [-0.2, 0) is 35.2 Å². The molecule has 2 fully saturated rings. The molecule has 41 heavy (non-hydrogen) atoms. The number of carboxylic acids is 1. The number of anilines is 1. The van der Waals surface area contributed by atoms with Crippen LogP contribution in [0.4, 0.5) is 15.3 Å². The van der Waals surface area contributed by atoms with Crippen LogP contribution in [0, 0.1) is 0 Å². The summed E-state index contributed by atoms with van der Waals surface area (Å²) in [4.78, 5) is 60.4. The first-order chi connectivity index (χ1) is 19.4. The molecule has 226 valence electrons. The Kier molecular flexibility index (Phi) is 11.2. The zero-order valence-corrected chi connectivity index (χ0v) is 24.4. The number of rotatable bonds is 13. The number of urea groups is 1. The molecule has 0 saturated carbocycles. The highest BCUT2D eigenvalue weighted by Crippen LogP contribution is 2.33. The van der Waals surface area contributed by atoms with Crippen molar-refractivity contribution >= 4 is 47.4 Å². The number of carbonyl (C=O) groups excluding carboxylic acids is 4. The van der Waals surface area contributed by atoms with Gasteiger partial charge in [0.1, 0.15) is 5.60 Å². The molecule has 3 unspecified atom stereocenters. The zero-order valence-electron chi connectivity index (χ0n) is 23.6. The molecule has 1 aromatic carbocycles. The number of fused-ring (bicyclic) bond motifs is 1. The van der Waals surface area contributed by atoms with E-state index in [1.807, 2.05) is 11.8 Å². The van der Waals surface area contributed by atoms with Crippen molar-refractivity contribution in [3.63, 3.8) is 0 Å². The number of amides is 4. The van der Waals surface area contributed by atoms with E-state index in [9.17, 15) is 29.1 Å². The number of aliphatic carboxylic acids is 1. The Labute approximate surface area is 242 Å². The lowest BCUT2D eigenvalue weighted by molar-refractivity contribution is -0.163. The van der Waals surface area contributed by atoms with Gasteiger partial charge in [0.15, 0.2) is 12.1 Å². The number of esters is 1. The van der Waals surface area contributed by atoms with E-state index in [1.54, 1.807) is 45.0 Å². The van der Waals surface area contributed by atoms with Crippen molar-refractivity contribution in [1.29, 1.82) is 0 Å². The number of unbranched alkanes of at least 4 members (excludes halogenated alkanes) is 1. The van der Waals surface area contributed by atoms with Gasteiger partial charge >= 0.3 is 24.1 Å². The van der Waals surface area contributed by atoms with Gasteiger partial charge in [-0.1, -0.05) is 18.6 Å². The summed E-state index contributed by atoms with van der Waals surface area (Å²) in [6.07, 6.45) is 0.111. The monoisotopic (exact) mass is 594 g/mol. The Bertz CT molecular complexity index is 1130. The molecule has 1 aromatic rings. The minimum atomic E-state index is -1.77. The average Bonchev–Trinajstić information content (AvgIpc) is 3.44. The predicted molar refractivity (Wildman–Crippen MR) is 150 cm³/mol. The lowest BCUT2D eigenvalue weighted by Crippen LogP contribution is -2.54. The highest BCUT2D eigenvalue weighted by atomic mass is 32.2. The maximum atomic E-state index is 12.5. The molecule has 2 aliphatic rings. The van der Waals surface area contributed by atoms with Crippen molar-refractivity contribution in [2.45, 2.75) is 88.1 Å². The molecule has 2 saturated heterocycles. The molecule has 14 heteroatoms. The number of methoxy groups -OCH3 is 1. The highest BCUT2D eigenvalue weighted by molar-refractivity contribution is 8.00. The molecule has 0 aromatic heterocycles. The van der Waals surface area contributed by atoms with Gasteiger partial charge in [-0.3, -0.25) is 4.79 Å². The number of hydrogen-bond donors (Lipinski definition) is 5. The number of alkyl carbamates (subject to hydrolysis) is 1. The maximum Gasteiger partial charge on any atom is 0.408 e. The molecule has 5 N–H and O–H groups in total. The van der Waals surface area contributed by atoms with Crippen LogP contribution in [0.3, 0.4) is 0 Å². The molecule has 0 aliphatic carbocycles. The van der Waals surface area contributed by atoms with Crippen molar-refractivity contribution in [3.05, 3.63) is 29.8 Å². The third-order valence-electron chi connectivity index (χ3n) is 6.40. The fourth-order valence-electron chi connectivity index (χ4n) is 4.54. The molecule has 3 rings (SSSR count). The van der Waals surface area contributed by atoms with Gasteiger partial charge in [0.05, 0.1) is 25.8 Å². The molecule has 13 nitrogen and oxygen atoms in total. The van der Waals surface area contributed by atoms with Gasteiger partial charge in [0, 0.05) is 23.1 Å². The molecule has 2 aliphatic heterocycles. The summed E-state index contributed by atoms with van der Waals surface area (Å²) in [5.41, 5.74) is 0.185. The summed E-state index contributed by atoms with van der Waals surface area (Å²) in [7, 11) is 1.08. The van der Waals surface area contributed by atoms with Crippen LogP contribution in [0.1, 0.15) is 52.0 Å². The Balaban J connectivity index is 1.49. The number of nitrogens with one attached hydrogen (secondary N) is 4. The molecule has 0 bridgehead atoms. The largest absolute Gasteiger partial charge is 0.480 e. The van der Waals surface area contributed by atoms with Crippen molar-refractivity contribution in [1.82, 2.24) is 16.0 Å². The SMILES string of the molecule is COC(=O)[C@@H](OCc1cccc(NC(=O)CCCCC2SCC3NC(=O)NC32)c1)[C@H](NC(=O)OC(C)(C)C)C(=O)O. The quantitative estimate of drug-likeness (QED) is 0.129. The normalized spacial score (nSPS) is 21.1. The maximum absolute atomic E-state index is 12.5. The molecule has 0 radical (unpaired) electrons. The second kappa shape index (κ2) is 14.4. The van der Waals surface area contributed by atoms with E-state index < -0.39 is 35.8 Å². The third kappa shape index (κ3) is 9.81. The molecular weight excluding hydrogens is 556 g/mol. The van der Waals surface area contributed by atoms with Crippen molar-refractivity contribution < 1.29 is 43.3 Å². The number of carboxylic acid groups (broad SMARTS) is 1. The minimum absolute atomic E-state index is 0.114. The van der Waals surface area contributed by atoms with Crippen molar-refractivity contribution in [2.75, 3.05) is 18.2 Å². The Morgan fingerprint density at radius 2 is 1.93 bits per heavy atom. The van der Waals surface area contributed by atoms with E-state index in [0.717, 1.165) is 25.7 Å². The average molecular weight is 595 g/mol. The number of hydrogen-bond acceptors (Lipinski definition) is 9. The van der Waals surface area contributed by atoms with Crippen molar-refractivity contribution in [2.24, 2.45) is 0 Å². The summed E-state index contributed by atoms with van der Waals surface area (Å²) < 4.78 is 15.4. The van der Waals surface area contributed by atoms with Gasteiger partial charge in [-0.2, -0.15) is 11.8 Å². The summed E-state index contributed by atoms with van der Waals surface area (Å²) in [6, 6.07) is 5.16. The zero-order chi connectivity index (χ0) is 30.2. The number of carbonyl (C=O) groups is 5. The van der Waals surface area contributed by atoms with Crippen LogP contribution in [-0.4, -0.2) is 83.0 Å². The fraction of sp³-hybridized carbons (Fsp3) is 0.593. The Morgan fingerprint density at radius 1 is 1.17 bits per heavy atom. The van der Waals surface area contributed by atoms with Crippen molar-refractivity contribution in [3.8, 4) is 0 Å². The van der Waals surface area contributed by atoms with E-state index in [4.69, 9.17) is 14.2 Å². The third-order valence-corrected chi connectivity index (χ3v) is 7.90. The number of benzene rings is 1. The van der Waals surface area contributed by atoms with Gasteiger partial charge in [0.25, 0.3) is 0 Å². The smallest absolute Gasteiger partial charge is 0.408 e. The first-order valence-electron chi connectivity index (χ1n) is 13.4. The van der Waals surface area contributed by atoms with Crippen LogP contribution in [0.25, 0.3) is 0 Å². The van der Waals surface area contributed by atoms with E-state index in [2.05, 4.69) is 21.3 Å². The Morgan fingerprint density at radius 3 is 2.61 bits per heavy atom. The van der Waals surface area contributed by atoms with E-state index in [1.165, 1.54) is 0 Å². The Hall–Kier alpha value is -3.52. The fourth-order valence-corrected chi connectivity index (χ4v) is 6.08. The van der Waals surface area contributed by atoms with Crippen LogP contribution in [0.5, 0.6) is 0 Å². The molecule has 5 atom stereocenters. The van der Waals surface area contributed by atoms with Crippen LogP contribution < -0.4 is 21.3 Å². The predicted octanol–water partition coefficient (Wildman–Crippen LogP) is 2.39. The minimum Gasteiger partial charge on any atom is -0.480 e. The summed E-state index contributed by atoms with van der Waals surface area (Å²) in [5, 5.41) is 20.9. The molecular formula is C27H38N4O9S. The number of thioether (sulfide) groups is 1. The van der Waals surface area contributed by atoms with Gasteiger partial charge in [-0.15, -0.1) is 0 Å². The van der Waals surface area contributed by atoms with Gasteiger partial charge in [-0.05, 0) is 51.3 Å². The summed E-state index contributed by atoms with van der Waals surface area (Å²) in [5.74, 6) is -1.76. The first-order valence-corrected chi connectivity index (χ1v) is 14.4. The second-order valence-electron chi connectivity index (χ2n) is 10.8. The highest BCUT2D eigenvalue weighted by Gasteiger charge is 2.42. The van der Waals surface area contributed by atoms with E-state index >= 15 is 0 Å². The standard InChI is InChI=1S/C27H38N4O9S/c1-27(2,3)40-26(37)31-21(23(33)34)22(24(35)38-4)39-13-15-8-7-9-16(12-15)28-19(32)11-6-5-10-18-20-17(14-41-18)29-25(36)30-20/h7-9,12,17-18,20-22H,5-6,10-11,13-14H2,1-4H3,(H,28,32)(H,31,37)(H,33,34)(H2,29,30,36)/t17?,18?,20?,21-,22-/m0/s1. The molecule has 2 heterocycles. The van der Waals surface area contributed by atoms with Gasteiger partial charge < -0.3 is 40.6 Å². The van der Waals surface area contributed by atoms with Gasteiger partial charge in [-0.25, -0.2) is 19.2 Å².